The van der Waals surface area contributed by atoms with Crippen LogP contribution < -0.4 is 10.6 Å². The first-order valence-corrected chi connectivity index (χ1v) is 10.3. The third kappa shape index (κ3) is 8.16. The van der Waals surface area contributed by atoms with Crippen molar-refractivity contribution in [3.63, 3.8) is 0 Å². The van der Waals surface area contributed by atoms with Gasteiger partial charge in [-0.1, -0.05) is 51.4 Å². The summed E-state index contributed by atoms with van der Waals surface area (Å²) in [5.41, 5.74) is 0. The lowest BCUT2D eigenvalue weighted by atomic mass is 10.0. The first-order chi connectivity index (χ1) is 11.7. The average molecular weight is 337 g/mol. The van der Waals surface area contributed by atoms with Crippen LogP contribution in [0.25, 0.3) is 0 Å². The second-order valence-electron chi connectivity index (χ2n) is 7.79. The van der Waals surface area contributed by atoms with Crippen molar-refractivity contribution in [2.75, 3.05) is 13.1 Å². The second kappa shape index (κ2) is 11.5. The van der Waals surface area contributed by atoms with Crippen LogP contribution in [0, 0.1) is 11.8 Å². The number of unbranched alkanes of at least 4 members (excludes halogenated alkanes) is 1. The molecule has 0 unspecified atom stereocenters. The van der Waals surface area contributed by atoms with Gasteiger partial charge in [-0.2, -0.15) is 0 Å². The van der Waals surface area contributed by atoms with Gasteiger partial charge in [-0.25, -0.2) is 0 Å². The van der Waals surface area contributed by atoms with Gasteiger partial charge in [-0.15, -0.1) is 0 Å². The summed E-state index contributed by atoms with van der Waals surface area (Å²) in [6.07, 6.45) is 16.0. The third-order valence-electron chi connectivity index (χ3n) is 5.76. The summed E-state index contributed by atoms with van der Waals surface area (Å²) in [4.78, 5) is 23.5. The predicted octanol–water partition coefficient (Wildman–Crippen LogP) is 3.94. The quantitative estimate of drug-likeness (QED) is 0.561. The van der Waals surface area contributed by atoms with Gasteiger partial charge in [0.05, 0.1) is 0 Å². The largest absolute Gasteiger partial charge is 0.356 e. The van der Waals surface area contributed by atoms with Crippen LogP contribution in [0.15, 0.2) is 0 Å². The van der Waals surface area contributed by atoms with Gasteiger partial charge in [0.15, 0.2) is 0 Å². The molecule has 0 aliphatic heterocycles. The third-order valence-corrected chi connectivity index (χ3v) is 5.76. The number of rotatable bonds is 11. The predicted molar refractivity (Wildman–Crippen MR) is 97.6 cm³/mol. The lowest BCUT2D eigenvalue weighted by molar-refractivity contribution is -0.122. The number of amides is 2. The van der Waals surface area contributed by atoms with Crippen LogP contribution in [0.5, 0.6) is 0 Å². The minimum Gasteiger partial charge on any atom is -0.356 e. The van der Waals surface area contributed by atoms with Gasteiger partial charge < -0.3 is 10.6 Å². The van der Waals surface area contributed by atoms with Crippen LogP contribution in [0.4, 0.5) is 0 Å². The molecule has 2 amide bonds. The summed E-state index contributed by atoms with van der Waals surface area (Å²) in [7, 11) is 0. The van der Waals surface area contributed by atoms with Gasteiger partial charge in [-0.05, 0) is 37.5 Å². The highest BCUT2D eigenvalue weighted by Gasteiger charge is 2.16. The highest BCUT2D eigenvalue weighted by Crippen LogP contribution is 2.29. The van der Waals surface area contributed by atoms with Gasteiger partial charge >= 0.3 is 0 Å². The normalized spacial score (nSPS) is 18.8. The van der Waals surface area contributed by atoms with Crippen molar-refractivity contribution in [1.82, 2.24) is 10.6 Å². The number of hydrogen-bond donors (Lipinski definition) is 2. The summed E-state index contributed by atoms with van der Waals surface area (Å²) in [6, 6.07) is 0. The molecule has 0 heterocycles. The summed E-state index contributed by atoms with van der Waals surface area (Å²) in [5, 5.41) is 6.01. The van der Waals surface area contributed by atoms with E-state index in [0.717, 1.165) is 50.6 Å². The van der Waals surface area contributed by atoms with E-state index in [9.17, 15) is 9.59 Å². The Labute approximate surface area is 147 Å². The van der Waals surface area contributed by atoms with Crippen molar-refractivity contribution in [3.05, 3.63) is 0 Å². The zero-order chi connectivity index (χ0) is 17.0. The van der Waals surface area contributed by atoms with Crippen LogP contribution in [0.3, 0.4) is 0 Å². The van der Waals surface area contributed by atoms with Gasteiger partial charge in [0.1, 0.15) is 0 Å². The highest BCUT2D eigenvalue weighted by molar-refractivity contribution is 5.76. The number of carbonyl (C=O) groups is 2. The first-order valence-electron chi connectivity index (χ1n) is 10.3. The molecule has 2 saturated carbocycles. The molecular weight excluding hydrogens is 300 g/mol. The molecule has 0 radical (unpaired) electrons. The average Bonchev–Trinajstić information content (AvgIpc) is 3.27. The Balaban J connectivity index is 1.36. The Morgan fingerprint density at radius 3 is 1.42 bits per heavy atom. The topological polar surface area (TPSA) is 58.2 Å². The smallest absolute Gasteiger partial charge is 0.220 e. The molecule has 0 saturated heterocycles. The van der Waals surface area contributed by atoms with E-state index in [4.69, 9.17) is 0 Å². The van der Waals surface area contributed by atoms with Crippen LogP contribution in [0.1, 0.15) is 89.9 Å². The van der Waals surface area contributed by atoms with Gasteiger partial charge in [-0.3, -0.25) is 9.59 Å². The van der Waals surface area contributed by atoms with Crippen LogP contribution in [0.2, 0.25) is 0 Å². The molecule has 0 bridgehead atoms. The minimum absolute atomic E-state index is 0.197. The molecule has 0 aromatic carbocycles. The van der Waals surface area contributed by atoms with Crippen molar-refractivity contribution in [2.24, 2.45) is 11.8 Å². The minimum atomic E-state index is 0.197. The lowest BCUT2D eigenvalue weighted by Gasteiger charge is -2.10. The molecule has 2 rings (SSSR count). The van der Waals surface area contributed by atoms with Crippen molar-refractivity contribution < 1.29 is 9.59 Å². The Morgan fingerprint density at radius 1 is 0.667 bits per heavy atom. The lowest BCUT2D eigenvalue weighted by Crippen LogP contribution is -2.27. The second-order valence-corrected chi connectivity index (χ2v) is 7.79. The molecule has 0 atom stereocenters. The van der Waals surface area contributed by atoms with E-state index in [1.807, 2.05) is 0 Å². The van der Waals surface area contributed by atoms with E-state index < -0.39 is 0 Å². The van der Waals surface area contributed by atoms with Crippen LogP contribution >= 0.6 is 0 Å². The summed E-state index contributed by atoms with van der Waals surface area (Å²) in [6.45, 7) is 1.48. The maximum absolute atomic E-state index is 11.8. The van der Waals surface area contributed by atoms with E-state index in [0.29, 0.717) is 12.8 Å². The molecule has 2 N–H and O–H groups in total. The van der Waals surface area contributed by atoms with Crippen molar-refractivity contribution in [2.45, 2.75) is 89.9 Å². The van der Waals surface area contributed by atoms with Crippen molar-refractivity contribution >= 4 is 11.8 Å². The van der Waals surface area contributed by atoms with E-state index in [1.54, 1.807) is 0 Å². The van der Waals surface area contributed by atoms with Crippen LogP contribution in [-0.4, -0.2) is 24.9 Å². The first kappa shape index (κ1) is 19.3. The van der Waals surface area contributed by atoms with Crippen LogP contribution in [-0.2, 0) is 9.59 Å². The molecule has 0 aromatic heterocycles. The molecule has 2 aliphatic rings. The summed E-state index contributed by atoms with van der Waals surface area (Å²) in [5.74, 6) is 1.97. The number of nitrogens with one attached hydrogen (secondary N) is 2. The zero-order valence-electron chi connectivity index (χ0n) is 15.3. The Bertz CT molecular complexity index is 336. The molecular formula is C20H36N2O2. The van der Waals surface area contributed by atoms with Crippen molar-refractivity contribution in [1.29, 1.82) is 0 Å². The van der Waals surface area contributed by atoms with Crippen molar-refractivity contribution in [3.8, 4) is 0 Å². The number of carbonyl (C=O) groups excluding carboxylic acids is 2. The maximum Gasteiger partial charge on any atom is 0.220 e. The Kier molecular flexibility index (Phi) is 9.22. The fraction of sp³-hybridized carbons (Fsp3) is 0.900. The molecule has 2 fully saturated rings. The maximum atomic E-state index is 11.8. The van der Waals surface area contributed by atoms with E-state index in [-0.39, 0.29) is 11.8 Å². The number of hydrogen-bond acceptors (Lipinski definition) is 2. The van der Waals surface area contributed by atoms with Gasteiger partial charge in [0.25, 0.3) is 0 Å². The molecule has 4 heteroatoms. The van der Waals surface area contributed by atoms with E-state index >= 15 is 0 Å². The standard InChI is InChI=1S/C20H36N2O2/c23-19(13-11-17-7-1-2-8-17)21-15-5-6-16-22-20(24)14-12-18-9-3-4-10-18/h17-18H,1-16H2,(H,21,23)(H,22,24). The summed E-state index contributed by atoms with van der Waals surface area (Å²) >= 11 is 0. The van der Waals surface area contributed by atoms with E-state index in [2.05, 4.69) is 10.6 Å². The fourth-order valence-electron chi connectivity index (χ4n) is 4.15. The molecule has 4 nitrogen and oxygen atoms in total. The van der Waals surface area contributed by atoms with Gasteiger partial charge in [0, 0.05) is 25.9 Å². The molecule has 0 aromatic rings. The highest BCUT2D eigenvalue weighted by atomic mass is 16.2. The summed E-state index contributed by atoms with van der Waals surface area (Å²) < 4.78 is 0. The fourth-order valence-corrected chi connectivity index (χ4v) is 4.15. The monoisotopic (exact) mass is 336 g/mol. The molecule has 24 heavy (non-hydrogen) atoms. The molecule has 0 spiro atoms. The SMILES string of the molecule is O=C(CCC1CCCC1)NCCCCNC(=O)CCC1CCCC1. The molecule has 2 aliphatic carbocycles. The molecule has 138 valence electrons. The van der Waals surface area contributed by atoms with E-state index in [1.165, 1.54) is 51.4 Å². The zero-order valence-corrected chi connectivity index (χ0v) is 15.3. The Morgan fingerprint density at radius 2 is 1.04 bits per heavy atom. The Hall–Kier alpha value is -1.06. The van der Waals surface area contributed by atoms with Gasteiger partial charge in [0.2, 0.25) is 11.8 Å².